The van der Waals surface area contributed by atoms with E-state index in [9.17, 15) is 18.8 Å². The molecule has 37 heavy (non-hydrogen) atoms. The minimum absolute atomic E-state index is 0.00436. The summed E-state index contributed by atoms with van der Waals surface area (Å²) in [4.78, 5) is 45.7. The molecule has 2 bridgehead atoms. The number of nitrogens with one attached hydrogen (secondary N) is 2. The maximum atomic E-state index is 14.5. The molecular formula is C26H31FN6O4. The molecule has 4 N–H and O–H groups in total. The standard InChI is InChI=1S/C26H31FN6O4/c1-14-8-18(7-6-15(14)10-19(34)12-33(2)13-21(35)37-3)30-26-29-11-20(27)25(32-26)31-23-17-5-4-16(9-17)22(23)24(28)36/h4-8,11,16-17,22-23H,9-10,12-13H2,1-3H3,(H2,28,36)(H2,29,30,31,32). The number of ether oxygens (including phenoxy) is 1. The predicted molar refractivity (Wildman–Crippen MR) is 136 cm³/mol. The van der Waals surface area contributed by atoms with Gasteiger partial charge in [-0.15, -0.1) is 0 Å². The summed E-state index contributed by atoms with van der Waals surface area (Å²) in [5.74, 6) is -1.54. The number of aromatic nitrogens is 2. The number of anilines is 3. The Labute approximate surface area is 214 Å². The van der Waals surface area contributed by atoms with Crippen molar-refractivity contribution in [3.05, 3.63) is 53.5 Å². The zero-order valence-corrected chi connectivity index (χ0v) is 21.0. The summed E-state index contributed by atoms with van der Waals surface area (Å²) in [6, 6.07) is 5.15. The molecule has 11 heteroatoms. The Morgan fingerprint density at radius 2 is 1.97 bits per heavy atom. The molecule has 2 aromatic rings. The van der Waals surface area contributed by atoms with E-state index in [1.165, 1.54) is 7.11 Å². The van der Waals surface area contributed by atoms with Crippen LogP contribution in [0.3, 0.4) is 0 Å². The van der Waals surface area contributed by atoms with Crippen molar-refractivity contribution >= 4 is 35.1 Å². The first-order valence-corrected chi connectivity index (χ1v) is 12.0. The van der Waals surface area contributed by atoms with Gasteiger partial charge >= 0.3 is 5.97 Å². The van der Waals surface area contributed by atoms with Gasteiger partial charge in [0.05, 0.1) is 32.3 Å². The number of allylic oxidation sites excluding steroid dienone is 1. The lowest BCUT2D eigenvalue weighted by Gasteiger charge is -2.27. The van der Waals surface area contributed by atoms with Gasteiger partial charge in [0.2, 0.25) is 11.9 Å². The van der Waals surface area contributed by atoms with Crippen LogP contribution in [0.2, 0.25) is 0 Å². The van der Waals surface area contributed by atoms with E-state index in [0.717, 1.165) is 23.7 Å². The number of halogens is 1. The molecule has 4 unspecified atom stereocenters. The van der Waals surface area contributed by atoms with Gasteiger partial charge in [-0.2, -0.15) is 4.98 Å². The first kappa shape index (κ1) is 26.2. The Morgan fingerprint density at radius 1 is 1.22 bits per heavy atom. The predicted octanol–water partition coefficient (Wildman–Crippen LogP) is 1.97. The highest BCUT2D eigenvalue weighted by Crippen LogP contribution is 2.44. The summed E-state index contributed by atoms with van der Waals surface area (Å²) >= 11 is 0. The molecule has 1 fully saturated rings. The first-order chi connectivity index (χ1) is 17.6. The van der Waals surface area contributed by atoms with E-state index in [-0.39, 0.29) is 54.9 Å². The third-order valence-corrected chi connectivity index (χ3v) is 6.89. The molecule has 0 aliphatic heterocycles. The number of primary amides is 1. The molecule has 2 aliphatic carbocycles. The fourth-order valence-corrected chi connectivity index (χ4v) is 5.10. The molecule has 1 amide bonds. The number of methoxy groups -OCH3 is 1. The lowest BCUT2D eigenvalue weighted by molar-refractivity contribution is -0.141. The van der Waals surface area contributed by atoms with Crippen molar-refractivity contribution in [3.63, 3.8) is 0 Å². The highest BCUT2D eigenvalue weighted by Gasteiger charge is 2.47. The Hall–Kier alpha value is -3.86. The van der Waals surface area contributed by atoms with Crippen molar-refractivity contribution in [2.75, 3.05) is 37.9 Å². The molecule has 0 radical (unpaired) electrons. The molecular weight excluding hydrogens is 479 g/mol. The molecule has 10 nitrogen and oxygen atoms in total. The third-order valence-electron chi connectivity index (χ3n) is 6.89. The molecule has 1 heterocycles. The normalized spacial score (nSPS) is 21.8. The van der Waals surface area contributed by atoms with Gasteiger partial charge < -0.3 is 21.1 Å². The van der Waals surface area contributed by atoms with Gasteiger partial charge in [-0.05, 0) is 55.5 Å². The van der Waals surface area contributed by atoms with Crippen molar-refractivity contribution in [3.8, 4) is 0 Å². The minimum Gasteiger partial charge on any atom is -0.468 e. The fourth-order valence-electron chi connectivity index (χ4n) is 5.10. The summed E-state index contributed by atoms with van der Waals surface area (Å²) in [7, 11) is 2.99. The van der Waals surface area contributed by atoms with Crippen LogP contribution in [0.25, 0.3) is 0 Å². The van der Waals surface area contributed by atoms with Crippen LogP contribution in [0.15, 0.2) is 36.5 Å². The average molecular weight is 511 g/mol. The summed E-state index contributed by atoms with van der Waals surface area (Å²) in [5, 5.41) is 6.15. The second-order valence-electron chi connectivity index (χ2n) is 9.67. The van der Waals surface area contributed by atoms with Gasteiger partial charge in [0.1, 0.15) is 0 Å². The Kier molecular flexibility index (Phi) is 7.82. The van der Waals surface area contributed by atoms with Crippen LogP contribution in [0, 0.1) is 30.5 Å². The second kappa shape index (κ2) is 11.0. The largest absolute Gasteiger partial charge is 0.468 e. The molecule has 0 saturated heterocycles. The highest BCUT2D eigenvalue weighted by molar-refractivity contribution is 5.84. The number of rotatable bonds is 11. The molecule has 0 spiro atoms. The number of aryl methyl sites for hydroxylation is 1. The minimum atomic E-state index is -0.622. The summed E-state index contributed by atoms with van der Waals surface area (Å²) in [6.45, 7) is 2.06. The molecule has 196 valence electrons. The summed E-state index contributed by atoms with van der Waals surface area (Å²) in [6.07, 6.45) is 6.13. The van der Waals surface area contributed by atoms with Gasteiger partial charge in [0.25, 0.3) is 0 Å². The number of Topliss-reactive ketones (excluding diaryl/α,β-unsaturated/α-hetero) is 1. The molecule has 1 aromatic heterocycles. The maximum Gasteiger partial charge on any atom is 0.319 e. The van der Waals surface area contributed by atoms with Gasteiger partial charge in [-0.1, -0.05) is 18.2 Å². The van der Waals surface area contributed by atoms with Crippen molar-refractivity contribution in [1.29, 1.82) is 0 Å². The second-order valence-corrected chi connectivity index (χ2v) is 9.67. The number of hydrogen-bond acceptors (Lipinski definition) is 9. The van der Waals surface area contributed by atoms with E-state index < -0.39 is 23.6 Å². The number of nitrogens with zero attached hydrogens (tertiary/aromatic N) is 3. The van der Waals surface area contributed by atoms with E-state index in [1.807, 2.05) is 31.2 Å². The highest BCUT2D eigenvalue weighted by atomic mass is 19.1. The summed E-state index contributed by atoms with van der Waals surface area (Å²) in [5.41, 5.74) is 8.02. The third kappa shape index (κ3) is 6.11. The number of nitrogens with two attached hydrogens (primary N) is 1. The number of benzene rings is 1. The van der Waals surface area contributed by atoms with Crippen LogP contribution < -0.4 is 16.4 Å². The van der Waals surface area contributed by atoms with Crippen LogP contribution in [-0.2, 0) is 25.5 Å². The van der Waals surface area contributed by atoms with Crippen molar-refractivity contribution in [2.24, 2.45) is 23.5 Å². The quantitative estimate of drug-likeness (QED) is 0.306. The van der Waals surface area contributed by atoms with Gasteiger partial charge in [0, 0.05) is 18.2 Å². The van der Waals surface area contributed by atoms with E-state index in [4.69, 9.17) is 5.73 Å². The molecule has 1 saturated carbocycles. The zero-order chi connectivity index (χ0) is 26.7. The van der Waals surface area contributed by atoms with Crippen molar-refractivity contribution < 1.29 is 23.5 Å². The van der Waals surface area contributed by atoms with Crippen LogP contribution in [0.4, 0.5) is 21.8 Å². The van der Waals surface area contributed by atoms with E-state index in [2.05, 4.69) is 25.3 Å². The number of amides is 1. The number of carbonyl (C=O) groups excluding carboxylic acids is 3. The Bertz CT molecular complexity index is 1240. The fraction of sp³-hybridized carbons (Fsp3) is 0.423. The zero-order valence-electron chi connectivity index (χ0n) is 21.0. The SMILES string of the molecule is COC(=O)CN(C)CC(=O)Cc1ccc(Nc2ncc(F)c(NC3C4C=CC(C4)C3C(N)=O)n2)cc1C. The lowest BCUT2D eigenvalue weighted by atomic mass is 9.88. The number of likely N-dealkylation sites (N-methyl/N-ethyl adjacent to an activating group) is 1. The van der Waals surface area contributed by atoms with Crippen LogP contribution in [0.1, 0.15) is 17.5 Å². The lowest BCUT2D eigenvalue weighted by Crippen LogP contribution is -2.41. The van der Waals surface area contributed by atoms with Gasteiger partial charge in [-0.3, -0.25) is 19.3 Å². The molecule has 1 aromatic carbocycles. The molecule has 2 aliphatic rings. The molecule has 4 rings (SSSR count). The number of ketones is 1. The van der Waals surface area contributed by atoms with Gasteiger partial charge in [0.15, 0.2) is 17.4 Å². The van der Waals surface area contributed by atoms with Crippen LogP contribution in [-0.4, -0.2) is 65.8 Å². The maximum absolute atomic E-state index is 14.5. The van der Waals surface area contributed by atoms with E-state index >= 15 is 0 Å². The topological polar surface area (TPSA) is 140 Å². The van der Waals surface area contributed by atoms with Gasteiger partial charge in [-0.25, -0.2) is 9.37 Å². The van der Waals surface area contributed by atoms with Crippen molar-refractivity contribution in [1.82, 2.24) is 14.9 Å². The van der Waals surface area contributed by atoms with Crippen LogP contribution in [0.5, 0.6) is 0 Å². The van der Waals surface area contributed by atoms with E-state index in [0.29, 0.717) is 5.69 Å². The van der Waals surface area contributed by atoms with E-state index in [1.54, 1.807) is 18.0 Å². The average Bonchev–Trinajstić information content (AvgIpc) is 3.44. The van der Waals surface area contributed by atoms with Crippen LogP contribution >= 0.6 is 0 Å². The monoisotopic (exact) mass is 510 g/mol. The Balaban J connectivity index is 1.40. The Morgan fingerprint density at radius 3 is 2.68 bits per heavy atom. The number of hydrogen-bond donors (Lipinski definition) is 3. The first-order valence-electron chi connectivity index (χ1n) is 12.0. The van der Waals surface area contributed by atoms with Crippen molar-refractivity contribution in [2.45, 2.75) is 25.8 Å². The number of esters is 1. The smallest absolute Gasteiger partial charge is 0.319 e. The number of carbonyl (C=O) groups is 3. The molecule has 4 atom stereocenters. The number of fused-ring (bicyclic) bond motifs is 2. The summed E-state index contributed by atoms with van der Waals surface area (Å²) < 4.78 is 19.2.